The Morgan fingerprint density at radius 3 is 2.67 bits per heavy atom. The normalized spacial score (nSPS) is 11.2. The minimum atomic E-state index is 0.403. The van der Waals surface area contributed by atoms with E-state index in [1.165, 1.54) is 5.56 Å². The van der Waals surface area contributed by atoms with Crippen molar-refractivity contribution in [3.05, 3.63) is 29.8 Å². The number of hydrogen-bond acceptors (Lipinski definition) is 3. The third-order valence-corrected chi connectivity index (χ3v) is 2.99. The van der Waals surface area contributed by atoms with Crippen molar-refractivity contribution in [2.45, 2.75) is 46.8 Å². The fourth-order valence-electron chi connectivity index (χ4n) is 1.78. The van der Waals surface area contributed by atoms with E-state index in [1.807, 2.05) is 28.7 Å². The van der Waals surface area contributed by atoms with E-state index >= 15 is 0 Å². The second-order valence-corrected chi connectivity index (χ2v) is 4.75. The highest BCUT2D eigenvalue weighted by atomic mass is 15.3. The Labute approximate surface area is 108 Å². The smallest absolute Gasteiger partial charge is 0.0729 e. The van der Waals surface area contributed by atoms with Gasteiger partial charge in [-0.3, -0.25) is 9.36 Å². The van der Waals surface area contributed by atoms with Gasteiger partial charge in [0.15, 0.2) is 0 Å². The molecule has 0 radical (unpaired) electrons. The van der Waals surface area contributed by atoms with Crippen LogP contribution in [0.15, 0.2) is 18.6 Å². The molecule has 5 nitrogen and oxygen atoms in total. The third-order valence-electron chi connectivity index (χ3n) is 2.99. The summed E-state index contributed by atoms with van der Waals surface area (Å²) in [6.07, 6.45) is 5.98. The molecule has 0 aliphatic heterocycles. The molecular formula is C13H21N5. The van der Waals surface area contributed by atoms with E-state index in [0.717, 1.165) is 24.5 Å². The molecule has 2 heterocycles. The van der Waals surface area contributed by atoms with E-state index in [1.54, 1.807) is 0 Å². The van der Waals surface area contributed by atoms with Gasteiger partial charge in [0.1, 0.15) is 0 Å². The first-order valence-electron chi connectivity index (χ1n) is 6.41. The number of nitrogens with one attached hydrogen (secondary N) is 1. The predicted octanol–water partition coefficient (Wildman–Crippen LogP) is 2.60. The number of rotatable bonds is 5. The average molecular weight is 247 g/mol. The van der Waals surface area contributed by atoms with Crippen molar-refractivity contribution in [3.63, 3.8) is 0 Å². The van der Waals surface area contributed by atoms with Crippen LogP contribution in [0.1, 0.15) is 38.1 Å². The van der Waals surface area contributed by atoms with Crippen LogP contribution in [0.25, 0.3) is 0 Å². The quantitative estimate of drug-likeness (QED) is 0.883. The molecule has 0 aromatic carbocycles. The molecule has 98 valence electrons. The van der Waals surface area contributed by atoms with Gasteiger partial charge in [0.05, 0.1) is 17.6 Å². The van der Waals surface area contributed by atoms with E-state index in [2.05, 4.69) is 42.5 Å². The van der Waals surface area contributed by atoms with Crippen LogP contribution in [0.5, 0.6) is 0 Å². The zero-order valence-electron chi connectivity index (χ0n) is 11.5. The molecule has 18 heavy (non-hydrogen) atoms. The van der Waals surface area contributed by atoms with Crippen molar-refractivity contribution >= 4 is 5.69 Å². The predicted molar refractivity (Wildman–Crippen MR) is 72.6 cm³/mol. The third kappa shape index (κ3) is 2.72. The number of aromatic nitrogens is 4. The van der Waals surface area contributed by atoms with Crippen LogP contribution < -0.4 is 5.32 Å². The zero-order valence-corrected chi connectivity index (χ0v) is 11.5. The summed E-state index contributed by atoms with van der Waals surface area (Å²) in [5.74, 6) is 0. The molecule has 0 unspecified atom stereocenters. The van der Waals surface area contributed by atoms with Crippen LogP contribution >= 0.6 is 0 Å². The molecule has 0 saturated carbocycles. The van der Waals surface area contributed by atoms with E-state index in [-0.39, 0.29) is 0 Å². The van der Waals surface area contributed by atoms with Gasteiger partial charge in [-0.05, 0) is 27.7 Å². The van der Waals surface area contributed by atoms with Gasteiger partial charge in [0, 0.05) is 37.1 Å². The molecule has 0 spiro atoms. The zero-order chi connectivity index (χ0) is 13.1. The molecule has 0 atom stereocenters. The highest BCUT2D eigenvalue weighted by molar-refractivity contribution is 5.39. The van der Waals surface area contributed by atoms with E-state index < -0.39 is 0 Å². The van der Waals surface area contributed by atoms with E-state index in [4.69, 9.17) is 0 Å². The maximum Gasteiger partial charge on any atom is 0.0729 e. The molecule has 0 aliphatic rings. The van der Waals surface area contributed by atoms with Crippen LogP contribution in [0.2, 0.25) is 0 Å². The van der Waals surface area contributed by atoms with E-state index in [0.29, 0.717) is 6.04 Å². The Morgan fingerprint density at radius 2 is 2.11 bits per heavy atom. The van der Waals surface area contributed by atoms with Crippen LogP contribution in [0, 0.1) is 6.92 Å². The fraction of sp³-hybridized carbons (Fsp3) is 0.538. The summed E-state index contributed by atoms with van der Waals surface area (Å²) in [5.41, 5.74) is 3.36. The molecule has 2 aromatic rings. The van der Waals surface area contributed by atoms with Crippen LogP contribution in [0.4, 0.5) is 5.69 Å². The molecule has 5 heteroatoms. The van der Waals surface area contributed by atoms with Gasteiger partial charge >= 0.3 is 0 Å². The summed E-state index contributed by atoms with van der Waals surface area (Å²) >= 11 is 0. The molecule has 2 rings (SSSR count). The summed E-state index contributed by atoms with van der Waals surface area (Å²) in [7, 11) is 0. The topological polar surface area (TPSA) is 47.7 Å². The molecule has 0 fully saturated rings. The van der Waals surface area contributed by atoms with Gasteiger partial charge in [-0.2, -0.15) is 10.2 Å². The first kappa shape index (κ1) is 12.7. The van der Waals surface area contributed by atoms with Gasteiger partial charge in [-0.1, -0.05) is 0 Å². The highest BCUT2D eigenvalue weighted by Gasteiger charge is 2.07. The molecular weight excluding hydrogens is 226 g/mol. The minimum Gasteiger partial charge on any atom is -0.378 e. The first-order valence-corrected chi connectivity index (χ1v) is 6.41. The molecule has 2 aromatic heterocycles. The van der Waals surface area contributed by atoms with Crippen LogP contribution in [0.3, 0.4) is 0 Å². The summed E-state index contributed by atoms with van der Waals surface area (Å²) in [5, 5.41) is 12.1. The minimum absolute atomic E-state index is 0.403. The van der Waals surface area contributed by atoms with Gasteiger partial charge in [0.25, 0.3) is 0 Å². The Hall–Kier alpha value is -1.78. The lowest BCUT2D eigenvalue weighted by Crippen LogP contribution is -2.01. The van der Waals surface area contributed by atoms with Crippen molar-refractivity contribution in [2.24, 2.45) is 0 Å². The lowest BCUT2D eigenvalue weighted by molar-refractivity contribution is 0.529. The second kappa shape index (κ2) is 5.25. The first-order chi connectivity index (χ1) is 8.60. The SMILES string of the molecule is CCn1cc(NCc2cn(C(C)C)nc2C)cn1. The Morgan fingerprint density at radius 1 is 1.33 bits per heavy atom. The van der Waals surface area contributed by atoms with Gasteiger partial charge in [0.2, 0.25) is 0 Å². The average Bonchev–Trinajstić information content (AvgIpc) is 2.93. The Bertz CT molecular complexity index is 509. The maximum atomic E-state index is 4.50. The monoisotopic (exact) mass is 247 g/mol. The standard InChI is InChI=1S/C13H21N5/c1-5-17-9-13(7-15-17)14-6-12-8-18(10(2)3)16-11(12)4/h7-10,14H,5-6H2,1-4H3. The van der Waals surface area contributed by atoms with Gasteiger partial charge < -0.3 is 5.32 Å². The fourth-order valence-corrected chi connectivity index (χ4v) is 1.78. The molecule has 1 N–H and O–H groups in total. The summed E-state index contributed by atoms with van der Waals surface area (Å²) < 4.78 is 3.91. The Kier molecular flexibility index (Phi) is 3.69. The molecule has 0 saturated heterocycles. The lowest BCUT2D eigenvalue weighted by atomic mass is 10.2. The molecule has 0 bridgehead atoms. The summed E-state index contributed by atoms with van der Waals surface area (Å²) in [6, 6.07) is 0.403. The largest absolute Gasteiger partial charge is 0.378 e. The van der Waals surface area contributed by atoms with Crippen molar-refractivity contribution in [1.29, 1.82) is 0 Å². The second-order valence-electron chi connectivity index (χ2n) is 4.75. The van der Waals surface area contributed by atoms with Gasteiger partial charge in [-0.25, -0.2) is 0 Å². The highest BCUT2D eigenvalue weighted by Crippen LogP contribution is 2.13. The van der Waals surface area contributed by atoms with Crippen molar-refractivity contribution in [2.75, 3.05) is 5.32 Å². The van der Waals surface area contributed by atoms with Crippen molar-refractivity contribution in [3.8, 4) is 0 Å². The summed E-state index contributed by atoms with van der Waals surface area (Å²) in [4.78, 5) is 0. The summed E-state index contributed by atoms with van der Waals surface area (Å²) in [6.45, 7) is 10.1. The van der Waals surface area contributed by atoms with Crippen molar-refractivity contribution in [1.82, 2.24) is 19.6 Å². The number of aryl methyl sites for hydroxylation is 2. The van der Waals surface area contributed by atoms with E-state index in [9.17, 15) is 0 Å². The van der Waals surface area contributed by atoms with Gasteiger partial charge in [-0.15, -0.1) is 0 Å². The number of nitrogens with zero attached hydrogens (tertiary/aromatic N) is 4. The molecule has 0 amide bonds. The number of hydrogen-bond donors (Lipinski definition) is 1. The molecule has 0 aliphatic carbocycles. The maximum absolute atomic E-state index is 4.50. The lowest BCUT2D eigenvalue weighted by Gasteiger charge is -2.03. The van der Waals surface area contributed by atoms with Crippen molar-refractivity contribution < 1.29 is 0 Å². The van der Waals surface area contributed by atoms with Crippen LogP contribution in [-0.4, -0.2) is 19.6 Å². The van der Waals surface area contributed by atoms with Crippen LogP contribution in [-0.2, 0) is 13.1 Å². The Balaban J connectivity index is 2.01. The number of anilines is 1.